The zero-order valence-corrected chi connectivity index (χ0v) is 9.75. The second kappa shape index (κ2) is 5.59. The van der Waals surface area contributed by atoms with Gasteiger partial charge in [0.1, 0.15) is 0 Å². The van der Waals surface area contributed by atoms with E-state index in [9.17, 15) is 27.9 Å². The molecule has 0 saturated heterocycles. The first-order valence-electron chi connectivity index (χ1n) is 5.16. The monoisotopic (exact) mass is 275 g/mol. The van der Waals surface area contributed by atoms with E-state index in [1.54, 1.807) is 0 Å². The minimum atomic E-state index is -4.52. The van der Waals surface area contributed by atoms with Crippen LogP contribution < -0.4 is 15.7 Å². The fourth-order valence-electron chi connectivity index (χ4n) is 1.20. The molecule has 0 unspecified atom stereocenters. The Balaban J connectivity index is 2.73. The topological polar surface area (TPSA) is 81.3 Å². The van der Waals surface area contributed by atoms with Crippen molar-refractivity contribution < 1.29 is 27.9 Å². The van der Waals surface area contributed by atoms with E-state index in [2.05, 4.69) is 5.32 Å². The lowest BCUT2D eigenvalue weighted by Crippen LogP contribution is -2.47. The van der Waals surface area contributed by atoms with E-state index in [0.29, 0.717) is 0 Å². The number of carboxylic acids is 1. The number of carboxylic acid groups (broad SMARTS) is 1. The molecule has 1 aromatic rings. The molecule has 2 N–H and O–H groups in total. The van der Waals surface area contributed by atoms with Gasteiger partial charge < -0.3 is 20.5 Å². The molecule has 2 amide bonds. The summed E-state index contributed by atoms with van der Waals surface area (Å²) >= 11 is 0. The van der Waals surface area contributed by atoms with Crippen molar-refractivity contribution in [3.05, 3.63) is 29.8 Å². The minimum absolute atomic E-state index is 0.0992. The number of hydrogen-bond acceptors (Lipinski definition) is 3. The smallest absolute Gasteiger partial charge is 0.416 e. The average Bonchev–Trinajstić information content (AvgIpc) is 2.27. The number of benzene rings is 1. The predicted octanol–water partition coefficient (Wildman–Crippen LogP) is 0.965. The molecule has 0 aliphatic carbocycles. The molecule has 5 nitrogen and oxygen atoms in total. The number of carbonyl (C=O) groups is 2. The van der Waals surface area contributed by atoms with E-state index in [0.717, 1.165) is 18.2 Å². The van der Waals surface area contributed by atoms with Gasteiger partial charge in [0.15, 0.2) is 0 Å². The molecule has 1 aromatic carbocycles. The number of aliphatic carboxylic acids is 1. The van der Waals surface area contributed by atoms with Gasteiger partial charge in [0, 0.05) is 5.69 Å². The minimum Gasteiger partial charge on any atom is -0.548 e. The summed E-state index contributed by atoms with van der Waals surface area (Å²) < 4.78 is 37.2. The Morgan fingerprint density at radius 1 is 1.32 bits per heavy atom. The first-order chi connectivity index (χ1) is 8.70. The zero-order valence-electron chi connectivity index (χ0n) is 9.75. The molecule has 1 rings (SSSR count). The summed E-state index contributed by atoms with van der Waals surface area (Å²) in [7, 11) is 0. The van der Waals surface area contributed by atoms with Crippen molar-refractivity contribution in [3.63, 3.8) is 0 Å². The van der Waals surface area contributed by atoms with Crippen LogP contribution >= 0.6 is 0 Å². The van der Waals surface area contributed by atoms with Crippen molar-refractivity contribution in [2.45, 2.75) is 19.1 Å². The van der Waals surface area contributed by atoms with Crippen LogP contribution in [0.4, 0.5) is 23.7 Å². The first kappa shape index (κ1) is 14.8. The Labute approximate surface area is 106 Å². The fourth-order valence-corrected chi connectivity index (χ4v) is 1.20. The largest absolute Gasteiger partial charge is 0.548 e. The Morgan fingerprint density at radius 2 is 1.95 bits per heavy atom. The van der Waals surface area contributed by atoms with Crippen LogP contribution in [0, 0.1) is 0 Å². The summed E-state index contributed by atoms with van der Waals surface area (Å²) in [6.45, 7) is 1.17. The third-order valence-electron chi connectivity index (χ3n) is 2.15. The molecule has 0 heterocycles. The van der Waals surface area contributed by atoms with Crippen molar-refractivity contribution >= 4 is 17.7 Å². The van der Waals surface area contributed by atoms with E-state index in [-0.39, 0.29) is 5.69 Å². The molecule has 0 saturated carbocycles. The van der Waals surface area contributed by atoms with E-state index >= 15 is 0 Å². The van der Waals surface area contributed by atoms with Crippen molar-refractivity contribution in [3.8, 4) is 0 Å². The van der Waals surface area contributed by atoms with Crippen LogP contribution in [0.3, 0.4) is 0 Å². The normalized spacial score (nSPS) is 12.6. The summed E-state index contributed by atoms with van der Waals surface area (Å²) in [5, 5.41) is 14.5. The van der Waals surface area contributed by atoms with Gasteiger partial charge in [0.05, 0.1) is 17.6 Å². The second-order valence-corrected chi connectivity index (χ2v) is 3.72. The fraction of sp³-hybridized carbons (Fsp3) is 0.273. The molecule has 8 heteroatoms. The number of carbonyl (C=O) groups excluding carboxylic acids is 2. The average molecular weight is 275 g/mol. The Kier molecular flexibility index (Phi) is 4.36. The van der Waals surface area contributed by atoms with Gasteiger partial charge in [-0.05, 0) is 25.1 Å². The highest BCUT2D eigenvalue weighted by atomic mass is 19.4. The number of hydrogen-bond donors (Lipinski definition) is 2. The molecule has 0 aromatic heterocycles. The Bertz CT molecular complexity index is 488. The SMILES string of the molecule is C[C@H](NC(=O)Nc1cccc(C(F)(F)F)c1)C(=O)[O-]. The standard InChI is InChI=1S/C11H11F3N2O3/c1-6(9(17)18)15-10(19)16-8-4-2-3-7(5-8)11(12,13)14/h2-6H,1H3,(H,17,18)(H2,15,16,19)/p-1/t6-/m0/s1. The quantitative estimate of drug-likeness (QED) is 0.862. The molecular formula is C11H10F3N2O3-. The van der Waals surface area contributed by atoms with E-state index in [4.69, 9.17) is 0 Å². The van der Waals surface area contributed by atoms with Crippen molar-refractivity contribution in [1.82, 2.24) is 5.32 Å². The summed E-state index contributed by atoms with van der Waals surface area (Å²) in [6.07, 6.45) is -4.52. The summed E-state index contributed by atoms with van der Waals surface area (Å²) in [6, 6.07) is 1.77. The van der Waals surface area contributed by atoms with Crippen molar-refractivity contribution in [2.75, 3.05) is 5.32 Å². The van der Waals surface area contributed by atoms with Gasteiger partial charge in [-0.2, -0.15) is 13.2 Å². The molecule has 0 radical (unpaired) electrons. The van der Waals surface area contributed by atoms with Crippen LogP contribution in [0.5, 0.6) is 0 Å². The van der Waals surface area contributed by atoms with E-state index < -0.39 is 29.8 Å². The van der Waals surface area contributed by atoms with E-state index in [1.807, 2.05) is 5.32 Å². The maximum absolute atomic E-state index is 12.4. The number of anilines is 1. The van der Waals surface area contributed by atoms with Crippen molar-refractivity contribution in [2.24, 2.45) is 0 Å². The Morgan fingerprint density at radius 3 is 2.47 bits per heavy atom. The van der Waals surface area contributed by atoms with Gasteiger partial charge in [-0.25, -0.2) is 4.79 Å². The second-order valence-electron chi connectivity index (χ2n) is 3.72. The summed E-state index contributed by atoms with van der Waals surface area (Å²) in [5.74, 6) is -1.50. The van der Waals surface area contributed by atoms with Crippen LogP contribution in [-0.4, -0.2) is 18.0 Å². The van der Waals surface area contributed by atoms with Gasteiger partial charge in [0.2, 0.25) is 0 Å². The Hall–Kier alpha value is -2.25. The van der Waals surface area contributed by atoms with Crippen LogP contribution in [-0.2, 0) is 11.0 Å². The van der Waals surface area contributed by atoms with Crippen LogP contribution in [0.1, 0.15) is 12.5 Å². The lowest BCUT2D eigenvalue weighted by Gasteiger charge is -2.15. The highest BCUT2D eigenvalue weighted by Gasteiger charge is 2.30. The lowest BCUT2D eigenvalue weighted by molar-refractivity contribution is -0.307. The molecule has 0 aliphatic heterocycles. The number of alkyl halides is 3. The predicted molar refractivity (Wildman–Crippen MR) is 58.1 cm³/mol. The lowest BCUT2D eigenvalue weighted by atomic mass is 10.2. The maximum Gasteiger partial charge on any atom is 0.416 e. The number of amides is 2. The molecule has 0 fully saturated rings. The molecule has 104 valence electrons. The van der Waals surface area contributed by atoms with Gasteiger partial charge in [-0.3, -0.25) is 0 Å². The summed E-state index contributed by atoms with van der Waals surface area (Å²) in [5.41, 5.74) is -1.02. The number of urea groups is 1. The van der Waals surface area contributed by atoms with Gasteiger partial charge in [-0.15, -0.1) is 0 Å². The van der Waals surface area contributed by atoms with Gasteiger partial charge in [-0.1, -0.05) is 6.07 Å². The zero-order chi connectivity index (χ0) is 14.6. The third-order valence-corrected chi connectivity index (χ3v) is 2.15. The maximum atomic E-state index is 12.4. The molecule has 19 heavy (non-hydrogen) atoms. The molecule has 1 atom stereocenters. The molecule has 0 bridgehead atoms. The molecular weight excluding hydrogens is 265 g/mol. The number of halogens is 3. The van der Waals surface area contributed by atoms with E-state index in [1.165, 1.54) is 13.0 Å². The van der Waals surface area contributed by atoms with Crippen LogP contribution in [0.25, 0.3) is 0 Å². The van der Waals surface area contributed by atoms with Crippen LogP contribution in [0.2, 0.25) is 0 Å². The highest BCUT2D eigenvalue weighted by molar-refractivity contribution is 5.91. The van der Waals surface area contributed by atoms with Crippen molar-refractivity contribution in [1.29, 1.82) is 0 Å². The number of rotatable bonds is 3. The number of nitrogens with one attached hydrogen (secondary N) is 2. The summed E-state index contributed by atoms with van der Waals surface area (Å²) in [4.78, 5) is 21.7. The van der Waals surface area contributed by atoms with Gasteiger partial charge in [0.25, 0.3) is 0 Å². The molecule has 0 spiro atoms. The highest BCUT2D eigenvalue weighted by Crippen LogP contribution is 2.30. The molecule has 0 aliphatic rings. The third kappa shape index (κ3) is 4.49. The first-order valence-corrected chi connectivity index (χ1v) is 5.16. The van der Waals surface area contributed by atoms with Gasteiger partial charge >= 0.3 is 12.2 Å². The van der Waals surface area contributed by atoms with Crippen LogP contribution in [0.15, 0.2) is 24.3 Å².